The Morgan fingerprint density at radius 1 is 1.25 bits per heavy atom. The van der Waals surface area contributed by atoms with Crippen molar-refractivity contribution in [1.29, 1.82) is 0 Å². The molecule has 0 aliphatic carbocycles. The van der Waals surface area contributed by atoms with Crippen molar-refractivity contribution in [3.05, 3.63) is 53.1 Å². The average Bonchev–Trinajstić information content (AvgIpc) is 2.95. The Morgan fingerprint density at radius 2 is 2.04 bits per heavy atom. The molecule has 3 N–H and O–H groups in total. The molecule has 24 heavy (non-hydrogen) atoms. The molecule has 5 nitrogen and oxygen atoms in total. The number of para-hydroxylation sites is 1. The van der Waals surface area contributed by atoms with Crippen molar-refractivity contribution in [1.82, 2.24) is 4.98 Å². The number of nitrogens with one attached hydrogen (secondary N) is 1. The summed E-state index contributed by atoms with van der Waals surface area (Å²) >= 11 is 8.89. The highest BCUT2D eigenvalue weighted by Gasteiger charge is 2.10. The fourth-order valence-electron chi connectivity index (χ4n) is 2.03. The van der Waals surface area contributed by atoms with Gasteiger partial charge in [0.25, 0.3) is 0 Å². The number of fused-ring (bicyclic) bond motifs is 1. The second kappa shape index (κ2) is 7.21. The van der Waals surface area contributed by atoms with Crippen molar-refractivity contribution in [3.8, 4) is 0 Å². The molecule has 0 saturated heterocycles. The first-order valence-corrected chi connectivity index (χ1v) is 9.08. The summed E-state index contributed by atoms with van der Waals surface area (Å²) in [4.78, 5) is 27.6. The molecule has 0 aliphatic rings. The highest BCUT2D eigenvalue weighted by atomic mass is 35.5. The molecule has 0 radical (unpaired) electrons. The van der Waals surface area contributed by atoms with Crippen LogP contribution in [0.15, 0.2) is 46.8 Å². The van der Waals surface area contributed by atoms with Gasteiger partial charge in [-0.15, -0.1) is 11.3 Å². The number of aromatic nitrogens is 1. The number of primary amides is 1. The number of carbonyl (C=O) groups excluding carboxylic acids is 2. The average molecular weight is 378 g/mol. The second-order valence-corrected chi connectivity index (χ2v) is 7.50. The summed E-state index contributed by atoms with van der Waals surface area (Å²) in [5, 5.41) is 2.94. The third kappa shape index (κ3) is 3.87. The molecule has 0 bridgehead atoms. The summed E-state index contributed by atoms with van der Waals surface area (Å²) in [7, 11) is 0. The number of halogens is 1. The Balaban J connectivity index is 1.61. The van der Waals surface area contributed by atoms with E-state index in [2.05, 4.69) is 10.3 Å². The van der Waals surface area contributed by atoms with Gasteiger partial charge in [-0.25, -0.2) is 4.98 Å². The van der Waals surface area contributed by atoms with Gasteiger partial charge in [0.15, 0.2) is 4.34 Å². The van der Waals surface area contributed by atoms with E-state index < -0.39 is 5.91 Å². The molecule has 122 valence electrons. The van der Waals surface area contributed by atoms with Gasteiger partial charge < -0.3 is 11.1 Å². The zero-order valence-corrected chi connectivity index (χ0v) is 14.7. The summed E-state index contributed by atoms with van der Waals surface area (Å²) in [6.45, 7) is 0. The molecule has 3 rings (SSSR count). The number of amides is 2. The number of thiazole rings is 1. The first kappa shape index (κ1) is 16.8. The van der Waals surface area contributed by atoms with Gasteiger partial charge in [-0.1, -0.05) is 35.5 Å². The molecule has 2 aromatic carbocycles. The lowest BCUT2D eigenvalue weighted by Gasteiger charge is -2.06. The predicted octanol–water partition coefficient (Wildman–Crippen LogP) is 3.78. The first-order chi connectivity index (χ1) is 11.5. The van der Waals surface area contributed by atoms with Gasteiger partial charge in [-0.2, -0.15) is 0 Å². The predicted molar refractivity (Wildman–Crippen MR) is 98.9 cm³/mol. The number of thioether (sulfide) groups is 1. The Morgan fingerprint density at radius 3 is 2.75 bits per heavy atom. The van der Waals surface area contributed by atoms with E-state index in [4.69, 9.17) is 17.3 Å². The molecule has 0 atom stereocenters. The zero-order chi connectivity index (χ0) is 17.1. The van der Waals surface area contributed by atoms with Crippen LogP contribution >= 0.6 is 34.7 Å². The van der Waals surface area contributed by atoms with Crippen LogP contribution in [0.1, 0.15) is 10.4 Å². The van der Waals surface area contributed by atoms with E-state index in [-0.39, 0.29) is 22.2 Å². The van der Waals surface area contributed by atoms with Crippen LogP contribution in [0, 0.1) is 0 Å². The Kier molecular flexibility index (Phi) is 5.03. The highest BCUT2D eigenvalue weighted by molar-refractivity contribution is 8.01. The zero-order valence-electron chi connectivity index (χ0n) is 12.3. The third-order valence-corrected chi connectivity index (χ3v) is 5.61. The van der Waals surface area contributed by atoms with Crippen molar-refractivity contribution in [2.75, 3.05) is 11.1 Å². The number of nitrogens with zero attached hydrogens (tertiary/aromatic N) is 1. The Bertz CT molecular complexity index is 894. The molecule has 0 spiro atoms. The van der Waals surface area contributed by atoms with E-state index >= 15 is 0 Å². The van der Waals surface area contributed by atoms with Crippen molar-refractivity contribution in [2.24, 2.45) is 5.73 Å². The summed E-state index contributed by atoms with van der Waals surface area (Å²) in [5.74, 6) is -0.555. The van der Waals surface area contributed by atoms with Gasteiger partial charge in [0, 0.05) is 5.69 Å². The van der Waals surface area contributed by atoms with Gasteiger partial charge in [0.05, 0.1) is 26.6 Å². The van der Waals surface area contributed by atoms with Crippen molar-refractivity contribution >= 4 is 62.4 Å². The number of carbonyl (C=O) groups is 2. The molecule has 1 aromatic heterocycles. The highest BCUT2D eigenvalue weighted by Crippen LogP contribution is 2.29. The van der Waals surface area contributed by atoms with Crippen LogP contribution in [0.4, 0.5) is 5.69 Å². The van der Waals surface area contributed by atoms with Gasteiger partial charge in [-0.3, -0.25) is 9.59 Å². The quantitative estimate of drug-likeness (QED) is 0.662. The van der Waals surface area contributed by atoms with E-state index in [0.717, 1.165) is 14.6 Å². The van der Waals surface area contributed by atoms with Crippen LogP contribution in [-0.2, 0) is 4.79 Å². The number of hydrogen-bond donors (Lipinski definition) is 2. The molecule has 1 heterocycles. The van der Waals surface area contributed by atoms with E-state index in [0.29, 0.717) is 5.69 Å². The molecule has 2 amide bonds. The largest absolute Gasteiger partial charge is 0.366 e. The van der Waals surface area contributed by atoms with E-state index in [1.54, 1.807) is 17.4 Å². The first-order valence-electron chi connectivity index (χ1n) is 6.90. The molecule has 0 unspecified atom stereocenters. The molecular formula is C16H12ClN3O2S2. The van der Waals surface area contributed by atoms with Crippen LogP contribution < -0.4 is 11.1 Å². The van der Waals surface area contributed by atoms with Crippen LogP contribution in [-0.4, -0.2) is 22.6 Å². The minimum Gasteiger partial charge on any atom is -0.366 e. The van der Waals surface area contributed by atoms with Crippen LogP contribution in [0.25, 0.3) is 10.2 Å². The monoisotopic (exact) mass is 377 g/mol. The molecule has 8 heteroatoms. The fraction of sp³-hybridized carbons (Fsp3) is 0.0625. The lowest BCUT2D eigenvalue weighted by atomic mass is 10.2. The molecule has 0 aliphatic heterocycles. The molecular weight excluding hydrogens is 366 g/mol. The third-order valence-electron chi connectivity index (χ3n) is 3.12. The van der Waals surface area contributed by atoms with Crippen LogP contribution in [0.5, 0.6) is 0 Å². The minimum atomic E-state index is -0.607. The summed E-state index contributed by atoms with van der Waals surface area (Å²) in [6, 6.07) is 12.4. The Hall–Kier alpha value is -2.09. The number of anilines is 1. The van der Waals surface area contributed by atoms with Gasteiger partial charge in [0.2, 0.25) is 11.8 Å². The molecule has 0 fully saturated rings. The lowest BCUT2D eigenvalue weighted by molar-refractivity contribution is -0.113. The SMILES string of the molecule is NC(=O)c1ccc(NC(=O)CSc2nc3ccccc3s2)cc1Cl. The maximum atomic E-state index is 12.0. The minimum absolute atomic E-state index is 0.179. The van der Waals surface area contributed by atoms with E-state index in [1.165, 1.54) is 23.9 Å². The number of benzene rings is 2. The summed E-state index contributed by atoms with van der Waals surface area (Å²) in [5.41, 5.74) is 6.85. The second-order valence-electron chi connectivity index (χ2n) is 4.84. The van der Waals surface area contributed by atoms with E-state index in [9.17, 15) is 9.59 Å². The van der Waals surface area contributed by atoms with Crippen molar-refractivity contribution in [2.45, 2.75) is 4.34 Å². The summed E-state index contributed by atoms with van der Waals surface area (Å²) in [6.07, 6.45) is 0. The van der Waals surface area contributed by atoms with Gasteiger partial charge in [-0.05, 0) is 30.3 Å². The standard InChI is InChI=1S/C16H12ClN3O2S2/c17-11-7-9(5-6-10(11)15(18)22)19-14(21)8-23-16-20-12-3-1-2-4-13(12)24-16/h1-7H,8H2,(H2,18,22)(H,19,21). The Labute approximate surface area is 151 Å². The van der Waals surface area contributed by atoms with Crippen LogP contribution in [0.3, 0.4) is 0 Å². The normalized spacial score (nSPS) is 10.7. The molecule has 0 saturated carbocycles. The smallest absolute Gasteiger partial charge is 0.250 e. The van der Waals surface area contributed by atoms with Gasteiger partial charge in [0.1, 0.15) is 0 Å². The lowest BCUT2D eigenvalue weighted by Crippen LogP contribution is -2.15. The van der Waals surface area contributed by atoms with E-state index in [1.807, 2.05) is 24.3 Å². The number of hydrogen-bond acceptors (Lipinski definition) is 5. The molecule has 3 aromatic rings. The maximum absolute atomic E-state index is 12.0. The number of nitrogens with two attached hydrogens (primary N) is 1. The maximum Gasteiger partial charge on any atom is 0.250 e. The number of rotatable bonds is 5. The topological polar surface area (TPSA) is 85.1 Å². The van der Waals surface area contributed by atoms with Crippen molar-refractivity contribution in [3.63, 3.8) is 0 Å². The van der Waals surface area contributed by atoms with Crippen molar-refractivity contribution < 1.29 is 9.59 Å². The van der Waals surface area contributed by atoms with Gasteiger partial charge >= 0.3 is 0 Å². The fourth-order valence-corrected chi connectivity index (χ4v) is 4.17. The summed E-state index contributed by atoms with van der Waals surface area (Å²) < 4.78 is 1.93. The van der Waals surface area contributed by atoms with Crippen LogP contribution in [0.2, 0.25) is 5.02 Å².